The first kappa shape index (κ1) is 14.2. The molecule has 7 heteroatoms. The molecular formula is C10H9BrClN3OS. The Morgan fingerprint density at radius 2 is 2.35 bits per heavy atom. The van der Waals surface area contributed by atoms with Crippen molar-refractivity contribution in [2.45, 2.75) is 0 Å². The molecule has 17 heavy (non-hydrogen) atoms. The Labute approximate surface area is 117 Å². The average molecular weight is 335 g/mol. The molecule has 1 aromatic carbocycles. The maximum Gasteiger partial charge on any atom is 0.183 e. The van der Waals surface area contributed by atoms with Gasteiger partial charge in [0.15, 0.2) is 11.4 Å². The van der Waals surface area contributed by atoms with Gasteiger partial charge in [-0.1, -0.05) is 23.4 Å². The molecule has 0 amide bonds. The predicted molar refractivity (Wildman–Crippen MR) is 75.1 cm³/mol. The lowest BCUT2D eigenvalue weighted by Gasteiger charge is -2.08. The van der Waals surface area contributed by atoms with E-state index in [1.807, 2.05) is 12.4 Å². The van der Waals surface area contributed by atoms with Crippen molar-refractivity contribution in [3.8, 4) is 11.9 Å². The molecule has 0 spiro atoms. The zero-order chi connectivity index (χ0) is 12.8. The SMILES string of the molecule is COc1ccc(Cl)c(N=C(NC#N)SC)c1Br. The van der Waals surface area contributed by atoms with Gasteiger partial charge in [-0.2, -0.15) is 5.26 Å². The van der Waals surface area contributed by atoms with Crippen molar-refractivity contribution >= 4 is 50.1 Å². The quantitative estimate of drug-likeness (QED) is 0.389. The molecule has 0 aliphatic heterocycles. The topological polar surface area (TPSA) is 57.4 Å². The molecule has 0 fully saturated rings. The zero-order valence-corrected chi connectivity index (χ0v) is 12.3. The number of aliphatic imine (C=N–C) groups is 1. The fourth-order valence-electron chi connectivity index (χ4n) is 1.06. The number of nitrogens with zero attached hydrogens (tertiary/aromatic N) is 2. The van der Waals surface area contributed by atoms with E-state index in [4.69, 9.17) is 21.6 Å². The maximum atomic E-state index is 8.56. The van der Waals surface area contributed by atoms with Crippen molar-refractivity contribution in [1.82, 2.24) is 5.32 Å². The average Bonchev–Trinajstić information content (AvgIpc) is 2.33. The second-order valence-electron chi connectivity index (χ2n) is 2.77. The van der Waals surface area contributed by atoms with E-state index >= 15 is 0 Å². The Kier molecular flexibility index (Phi) is 5.62. The van der Waals surface area contributed by atoms with Crippen LogP contribution in [0.1, 0.15) is 0 Å². The molecule has 0 radical (unpaired) electrons. The Bertz CT molecular complexity index is 487. The van der Waals surface area contributed by atoms with E-state index in [0.29, 0.717) is 26.1 Å². The minimum Gasteiger partial charge on any atom is -0.495 e. The van der Waals surface area contributed by atoms with Gasteiger partial charge in [0.2, 0.25) is 0 Å². The molecule has 1 aromatic rings. The molecule has 0 heterocycles. The molecule has 0 saturated heterocycles. The van der Waals surface area contributed by atoms with E-state index in [-0.39, 0.29) is 0 Å². The highest BCUT2D eigenvalue weighted by Gasteiger charge is 2.11. The minimum absolute atomic E-state index is 0.461. The van der Waals surface area contributed by atoms with E-state index in [9.17, 15) is 0 Å². The van der Waals surface area contributed by atoms with E-state index in [2.05, 4.69) is 26.2 Å². The van der Waals surface area contributed by atoms with Gasteiger partial charge in [0.25, 0.3) is 0 Å². The lowest BCUT2D eigenvalue weighted by molar-refractivity contribution is 0.412. The summed E-state index contributed by atoms with van der Waals surface area (Å²) in [6.45, 7) is 0. The summed E-state index contributed by atoms with van der Waals surface area (Å²) in [6, 6.07) is 3.43. The van der Waals surface area contributed by atoms with Gasteiger partial charge in [-0.3, -0.25) is 5.32 Å². The molecule has 4 nitrogen and oxygen atoms in total. The highest BCUT2D eigenvalue weighted by Crippen LogP contribution is 2.40. The van der Waals surface area contributed by atoms with Crippen LogP contribution in [0.5, 0.6) is 5.75 Å². The van der Waals surface area contributed by atoms with Gasteiger partial charge in [0, 0.05) is 0 Å². The van der Waals surface area contributed by atoms with Crippen LogP contribution < -0.4 is 10.1 Å². The lowest BCUT2D eigenvalue weighted by Crippen LogP contribution is -2.12. The zero-order valence-electron chi connectivity index (χ0n) is 9.12. The molecule has 0 bridgehead atoms. The minimum atomic E-state index is 0.461. The smallest absolute Gasteiger partial charge is 0.183 e. The number of hydrogen-bond donors (Lipinski definition) is 1. The Morgan fingerprint density at radius 3 is 2.88 bits per heavy atom. The van der Waals surface area contributed by atoms with Crippen molar-refractivity contribution in [3.63, 3.8) is 0 Å². The number of methoxy groups -OCH3 is 1. The lowest BCUT2D eigenvalue weighted by atomic mass is 10.3. The van der Waals surface area contributed by atoms with Crippen LogP contribution in [0.15, 0.2) is 21.6 Å². The first-order valence-corrected chi connectivity index (χ1v) is 6.83. The van der Waals surface area contributed by atoms with Crippen molar-refractivity contribution in [2.24, 2.45) is 4.99 Å². The van der Waals surface area contributed by atoms with Crippen molar-refractivity contribution in [1.29, 1.82) is 5.26 Å². The molecule has 0 aliphatic carbocycles. The molecule has 0 aliphatic rings. The van der Waals surface area contributed by atoms with Crippen LogP contribution in [-0.4, -0.2) is 18.5 Å². The number of thioether (sulfide) groups is 1. The van der Waals surface area contributed by atoms with E-state index in [1.165, 1.54) is 11.8 Å². The van der Waals surface area contributed by atoms with Crippen LogP contribution in [0.3, 0.4) is 0 Å². The maximum absolute atomic E-state index is 8.56. The summed E-state index contributed by atoms with van der Waals surface area (Å²) in [5.41, 5.74) is 0.526. The number of amidine groups is 1. The number of benzene rings is 1. The fourth-order valence-corrected chi connectivity index (χ4v) is 2.30. The highest BCUT2D eigenvalue weighted by atomic mass is 79.9. The Balaban J connectivity index is 3.26. The second-order valence-corrected chi connectivity index (χ2v) is 4.77. The summed E-state index contributed by atoms with van der Waals surface area (Å²) < 4.78 is 5.80. The first-order valence-electron chi connectivity index (χ1n) is 4.43. The summed E-state index contributed by atoms with van der Waals surface area (Å²) in [7, 11) is 1.56. The van der Waals surface area contributed by atoms with E-state index in [0.717, 1.165) is 0 Å². The van der Waals surface area contributed by atoms with Gasteiger partial charge in [-0.15, -0.1) is 0 Å². The summed E-state index contributed by atoms with van der Waals surface area (Å²) in [5, 5.41) is 12.0. The standard InChI is InChI=1S/C10H9BrClN3OS/c1-16-7-4-3-6(12)9(8(7)11)15-10(17-2)14-5-13/h3-4H,1-2H3,(H,14,15). The third kappa shape index (κ3) is 3.53. The number of halogens is 2. The molecule has 0 atom stereocenters. The predicted octanol–water partition coefficient (Wildman–Crippen LogP) is 3.53. The van der Waals surface area contributed by atoms with Crippen LogP contribution in [0.2, 0.25) is 5.02 Å². The molecule has 90 valence electrons. The number of nitriles is 1. The monoisotopic (exact) mass is 333 g/mol. The van der Waals surface area contributed by atoms with Crippen molar-refractivity contribution in [2.75, 3.05) is 13.4 Å². The summed E-state index contributed by atoms with van der Waals surface area (Å²) in [6.07, 6.45) is 3.63. The van der Waals surface area contributed by atoms with Gasteiger partial charge in [0.05, 0.1) is 16.6 Å². The largest absolute Gasteiger partial charge is 0.495 e. The van der Waals surface area contributed by atoms with Gasteiger partial charge >= 0.3 is 0 Å². The molecule has 0 saturated carbocycles. The third-order valence-electron chi connectivity index (χ3n) is 1.82. The van der Waals surface area contributed by atoms with Gasteiger partial charge in [-0.25, -0.2) is 4.99 Å². The van der Waals surface area contributed by atoms with Crippen LogP contribution in [0.4, 0.5) is 5.69 Å². The van der Waals surface area contributed by atoms with Crippen LogP contribution in [-0.2, 0) is 0 Å². The summed E-state index contributed by atoms with van der Waals surface area (Å²) in [5.74, 6) is 0.630. The summed E-state index contributed by atoms with van der Waals surface area (Å²) >= 11 is 10.7. The van der Waals surface area contributed by atoms with E-state index in [1.54, 1.807) is 19.2 Å². The normalized spacial score (nSPS) is 10.9. The number of rotatable bonds is 2. The van der Waals surface area contributed by atoms with Crippen LogP contribution in [0.25, 0.3) is 0 Å². The number of nitrogens with one attached hydrogen (secondary N) is 1. The van der Waals surface area contributed by atoms with Crippen molar-refractivity contribution < 1.29 is 4.74 Å². The highest BCUT2D eigenvalue weighted by molar-refractivity contribution is 9.10. The van der Waals surface area contributed by atoms with Crippen LogP contribution in [0, 0.1) is 11.5 Å². The van der Waals surface area contributed by atoms with Gasteiger partial charge in [-0.05, 0) is 34.3 Å². The Morgan fingerprint density at radius 1 is 1.65 bits per heavy atom. The number of hydrogen-bond acceptors (Lipinski definition) is 4. The number of ether oxygens (including phenoxy) is 1. The second kappa shape index (κ2) is 6.74. The molecular weight excluding hydrogens is 326 g/mol. The van der Waals surface area contributed by atoms with E-state index < -0.39 is 0 Å². The third-order valence-corrected chi connectivity index (χ3v) is 3.47. The summed E-state index contributed by atoms with van der Waals surface area (Å²) in [4.78, 5) is 4.26. The molecule has 0 aromatic heterocycles. The molecule has 0 unspecified atom stereocenters. The van der Waals surface area contributed by atoms with Crippen LogP contribution >= 0.6 is 39.3 Å². The molecule has 1 rings (SSSR count). The molecule has 1 N–H and O–H groups in total. The Hall–Kier alpha value is -0.900. The van der Waals surface area contributed by atoms with Gasteiger partial charge < -0.3 is 4.74 Å². The fraction of sp³-hybridized carbons (Fsp3) is 0.200. The first-order chi connectivity index (χ1) is 8.13. The van der Waals surface area contributed by atoms with Gasteiger partial charge in [0.1, 0.15) is 11.4 Å². The van der Waals surface area contributed by atoms with Crippen molar-refractivity contribution in [3.05, 3.63) is 21.6 Å².